The fraction of sp³-hybridized carbons (Fsp3) is 0.105. The number of fused-ring (bicyclic) bond motifs is 1. The first-order valence-electron chi connectivity index (χ1n) is 8.51. The summed E-state index contributed by atoms with van der Waals surface area (Å²) >= 11 is 7.20. The summed E-state index contributed by atoms with van der Waals surface area (Å²) in [4.78, 5) is 25.0. The Balaban J connectivity index is 1.68. The zero-order valence-electron chi connectivity index (χ0n) is 15.0. The molecule has 2 aromatic carbocycles. The number of nitrogens with one attached hydrogen (secondary N) is 2. The number of halogens is 4. The molecule has 1 aliphatic heterocycles. The molecule has 1 aliphatic rings. The van der Waals surface area contributed by atoms with Crippen molar-refractivity contribution >= 4 is 46.6 Å². The smallest absolute Gasteiger partial charge is 0.324 e. The number of amides is 2. The summed E-state index contributed by atoms with van der Waals surface area (Å²) in [5, 5.41) is 9.08. The molecular formula is C19H12ClF3N4O2S. The SMILES string of the molecule is O=C1CSc2ccc(NC(=O)c3cnn(-c4cccc(Cl)c4)c3C(F)(F)F)cc2N1. The van der Waals surface area contributed by atoms with Gasteiger partial charge in [-0.15, -0.1) is 11.8 Å². The average Bonchev–Trinajstić information content (AvgIpc) is 3.13. The van der Waals surface area contributed by atoms with Crippen molar-refractivity contribution in [2.45, 2.75) is 11.1 Å². The molecule has 11 heteroatoms. The number of rotatable bonds is 3. The normalized spacial score (nSPS) is 13.5. The van der Waals surface area contributed by atoms with E-state index in [1.54, 1.807) is 12.1 Å². The third-order valence-corrected chi connectivity index (χ3v) is 5.51. The lowest BCUT2D eigenvalue weighted by Gasteiger charge is -2.17. The van der Waals surface area contributed by atoms with Gasteiger partial charge in [-0.1, -0.05) is 17.7 Å². The van der Waals surface area contributed by atoms with Crippen LogP contribution in [0.25, 0.3) is 5.69 Å². The summed E-state index contributed by atoms with van der Waals surface area (Å²) in [5.74, 6) is -0.903. The van der Waals surface area contributed by atoms with Gasteiger partial charge in [0.05, 0.1) is 28.9 Å². The summed E-state index contributed by atoms with van der Waals surface area (Å²) < 4.78 is 41.9. The molecule has 0 saturated carbocycles. The minimum absolute atomic E-state index is 0.0717. The van der Waals surface area contributed by atoms with E-state index >= 15 is 0 Å². The standard InChI is InChI=1S/C19H12ClF3N4O2S/c20-10-2-1-3-12(6-10)27-17(19(21,22)23)13(8-24-27)18(29)25-11-4-5-15-14(7-11)26-16(28)9-30-15/h1-8H,9H2,(H,25,29)(H,26,28). The van der Waals surface area contributed by atoms with Gasteiger partial charge in [-0.25, -0.2) is 4.68 Å². The van der Waals surface area contributed by atoms with E-state index in [-0.39, 0.29) is 28.1 Å². The van der Waals surface area contributed by atoms with E-state index < -0.39 is 23.3 Å². The maximum Gasteiger partial charge on any atom is 0.434 e. The second kappa shape index (κ2) is 7.69. The zero-order chi connectivity index (χ0) is 21.5. The van der Waals surface area contributed by atoms with Gasteiger partial charge in [0.2, 0.25) is 5.91 Å². The molecule has 6 nitrogen and oxygen atoms in total. The molecule has 0 aliphatic carbocycles. The summed E-state index contributed by atoms with van der Waals surface area (Å²) in [7, 11) is 0. The predicted molar refractivity (Wildman–Crippen MR) is 107 cm³/mol. The highest BCUT2D eigenvalue weighted by Crippen LogP contribution is 2.36. The maximum atomic E-state index is 13.8. The van der Waals surface area contributed by atoms with Crippen LogP contribution in [0.2, 0.25) is 5.02 Å². The Hall–Kier alpha value is -2.98. The highest BCUT2D eigenvalue weighted by Gasteiger charge is 2.40. The number of hydrogen-bond donors (Lipinski definition) is 2. The molecule has 0 spiro atoms. The number of carbonyl (C=O) groups excluding carboxylic acids is 2. The number of thioether (sulfide) groups is 1. The molecule has 0 bridgehead atoms. The number of aromatic nitrogens is 2. The first-order valence-corrected chi connectivity index (χ1v) is 9.88. The van der Waals surface area contributed by atoms with E-state index in [0.717, 1.165) is 11.1 Å². The molecule has 0 radical (unpaired) electrons. The van der Waals surface area contributed by atoms with Crippen molar-refractivity contribution in [3.63, 3.8) is 0 Å². The van der Waals surface area contributed by atoms with Crippen LogP contribution in [0.4, 0.5) is 24.5 Å². The minimum atomic E-state index is -4.84. The fourth-order valence-corrected chi connectivity index (χ4v) is 3.92. The minimum Gasteiger partial charge on any atom is -0.324 e. The molecule has 154 valence electrons. The first-order chi connectivity index (χ1) is 14.2. The molecule has 2 amide bonds. The zero-order valence-corrected chi connectivity index (χ0v) is 16.5. The van der Waals surface area contributed by atoms with Crippen LogP contribution in [-0.2, 0) is 11.0 Å². The number of carbonyl (C=O) groups is 2. The number of anilines is 2. The van der Waals surface area contributed by atoms with Crippen LogP contribution in [0.3, 0.4) is 0 Å². The molecule has 1 aromatic heterocycles. The first kappa shape index (κ1) is 20.3. The average molecular weight is 453 g/mol. The molecule has 0 atom stereocenters. The van der Waals surface area contributed by atoms with Crippen LogP contribution in [-0.4, -0.2) is 27.3 Å². The van der Waals surface area contributed by atoms with Gasteiger partial charge >= 0.3 is 6.18 Å². The summed E-state index contributed by atoms with van der Waals surface area (Å²) in [6.07, 6.45) is -3.99. The molecule has 0 saturated heterocycles. The van der Waals surface area contributed by atoms with Crippen molar-refractivity contribution in [1.29, 1.82) is 0 Å². The van der Waals surface area contributed by atoms with Gasteiger partial charge < -0.3 is 10.6 Å². The lowest BCUT2D eigenvalue weighted by molar-refractivity contribution is -0.143. The number of benzene rings is 2. The van der Waals surface area contributed by atoms with Crippen LogP contribution >= 0.6 is 23.4 Å². The summed E-state index contributed by atoms with van der Waals surface area (Å²) in [6, 6.07) is 10.4. The van der Waals surface area contributed by atoms with Crippen molar-refractivity contribution in [2.75, 3.05) is 16.4 Å². The third kappa shape index (κ3) is 4.01. The van der Waals surface area contributed by atoms with Gasteiger partial charge in [-0.3, -0.25) is 9.59 Å². The topological polar surface area (TPSA) is 76.0 Å². The van der Waals surface area contributed by atoms with E-state index in [0.29, 0.717) is 10.4 Å². The molecule has 4 rings (SSSR count). The largest absolute Gasteiger partial charge is 0.434 e. The lowest BCUT2D eigenvalue weighted by atomic mass is 10.2. The summed E-state index contributed by atoms with van der Waals surface area (Å²) in [5.41, 5.74) is -1.06. The number of alkyl halides is 3. The van der Waals surface area contributed by atoms with E-state index in [1.807, 2.05) is 0 Å². The van der Waals surface area contributed by atoms with Crippen molar-refractivity contribution in [3.05, 3.63) is 64.9 Å². The Kier molecular flexibility index (Phi) is 5.20. The van der Waals surface area contributed by atoms with Crippen molar-refractivity contribution < 1.29 is 22.8 Å². The van der Waals surface area contributed by atoms with Crippen LogP contribution in [0.5, 0.6) is 0 Å². The third-order valence-electron chi connectivity index (χ3n) is 4.21. The highest BCUT2D eigenvalue weighted by atomic mass is 35.5. The fourth-order valence-electron chi connectivity index (χ4n) is 2.95. The lowest BCUT2D eigenvalue weighted by Crippen LogP contribution is -2.21. The van der Waals surface area contributed by atoms with Crippen molar-refractivity contribution in [3.8, 4) is 5.69 Å². The van der Waals surface area contributed by atoms with Gasteiger partial charge in [-0.2, -0.15) is 18.3 Å². The molecule has 3 aromatic rings. The Morgan fingerprint density at radius 3 is 2.77 bits per heavy atom. The van der Waals surface area contributed by atoms with E-state index in [1.165, 1.54) is 42.1 Å². The van der Waals surface area contributed by atoms with Gasteiger partial charge in [-0.05, 0) is 36.4 Å². The quantitative estimate of drug-likeness (QED) is 0.596. The van der Waals surface area contributed by atoms with Gasteiger partial charge in [0, 0.05) is 15.6 Å². The van der Waals surface area contributed by atoms with Gasteiger partial charge in [0.1, 0.15) is 0 Å². The molecule has 2 heterocycles. The number of nitrogens with zero attached hydrogens (tertiary/aromatic N) is 2. The van der Waals surface area contributed by atoms with Gasteiger partial charge in [0.25, 0.3) is 5.91 Å². The van der Waals surface area contributed by atoms with Crippen LogP contribution in [0, 0.1) is 0 Å². The predicted octanol–water partition coefficient (Wildman–Crippen LogP) is 4.84. The van der Waals surface area contributed by atoms with E-state index in [2.05, 4.69) is 15.7 Å². The molecule has 2 N–H and O–H groups in total. The van der Waals surface area contributed by atoms with Crippen LogP contribution in [0.15, 0.2) is 53.6 Å². The Morgan fingerprint density at radius 1 is 1.23 bits per heavy atom. The Bertz CT molecular complexity index is 1160. The van der Waals surface area contributed by atoms with Crippen molar-refractivity contribution in [1.82, 2.24) is 9.78 Å². The maximum absolute atomic E-state index is 13.8. The number of hydrogen-bond acceptors (Lipinski definition) is 4. The highest BCUT2D eigenvalue weighted by molar-refractivity contribution is 8.00. The second-order valence-corrected chi connectivity index (χ2v) is 7.75. The van der Waals surface area contributed by atoms with Crippen LogP contribution < -0.4 is 10.6 Å². The van der Waals surface area contributed by atoms with E-state index in [4.69, 9.17) is 11.6 Å². The molecular weight excluding hydrogens is 441 g/mol. The van der Waals surface area contributed by atoms with E-state index in [9.17, 15) is 22.8 Å². The molecule has 0 fully saturated rings. The second-order valence-electron chi connectivity index (χ2n) is 6.30. The monoisotopic (exact) mass is 452 g/mol. The Labute approximate surface area is 177 Å². The van der Waals surface area contributed by atoms with Crippen molar-refractivity contribution in [2.24, 2.45) is 0 Å². The van der Waals surface area contributed by atoms with Gasteiger partial charge in [0.15, 0.2) is 5.69 Å². The van der Waals surface area contributed by atoms with Crippen LogP contribution in [0.1, 0.15) is 16.1 Å². The Morgan fingerprint density at radius 2 is 2.03 bits per heavy atom. The molecule has 0 unspecified atom stereocenters. The molecule has 30 heavy (non-hydrogen) atoms. The summed E-state index contributed by atoms with van der Waals surface area (Å²) in [6.45, 7) is 0.